The fraction of sp³-hybridized carbons (Fsp3) is 0.375. The number of benzene rings is 1. The fourth-order valence-corrected chi connectivity index (χ4v) is 2.07. The molecule has 1 N–H and O–H groups in total. The Morgan fingerprint density at radius 3 is 2.53 bits per heavy atom. The van der Waals surface area contributed by atoms with Gasteiger partial charge in [-0.2, -0.15) is 0 Å². The van der Waals surface area contributed by atoms with Crippen LogP contribution in [-0.4, -0.2) is 11.7 Å². The largest absolute Gasteiger partial charge is 0.497 e. The molecule has 2 aromatic rings. The third-order valence-corrected chi connectivity index (χ3v) is 3.41. The zero-order valence-electron chi connectivity index (χ0n) is 11.9. The van der Waals surface area contributed by atoms with E-state index < -0.39 is 0 Å². The Morgan fingerprint density at radius 1 is 1.21 bits per heavy atom. The molecule has 0 aliphatic rings. The summed E-state index contributed by atoms with van der Waals surface area (Å²) in [5.41, 5.74) is 2.60. The smallest absolute Gasteiger partial charge is 0.118 e. The van der Waals surface area contributed by atoms with Gasteiger partial charge >= 0.3 is 0 Å². The summed E-state index contributed by atoms with van der Waals surface area (Å²) in [5, 5.41) is 3.54. The van der Waals surface area contributed by atoms with Crippen LogP contribution in [0.4, 0.5) is 0 Å². The van der Waals surface area contributed by atoms with Gasteiger partial charge in [0.1, 0.15) is 5.75 Å². The molecule has 0 aliphatic carbocycles. The summed E-state index contributed by atoms with van der Waals surface area (Å²) in [6, 6.07) is 10.7. The average molecular weight is 258 g/mol. The van der Waals surface area contributed by atoms with Crippen molar-refractivity contribution >= 4 is 0 Å². The highest BCUT2D eigenvalue weighted by Crippen LogP contribution is 2.17. The first-order valence-corrected chi connectivity index (χ1v) is 6.75. The maximum atomic E-state index is 5.17. The van der Waals surface area contributed by atoms with Crippen LogP contribution < -0.4 is 10.1 Å². The number of nitrogens with zero attached hydrogens (tertiary/aromatic N) is 1. The number of aromatic nitrogens is 1. The molecule has 0 spiro atoms. The number of rotatable bonds is 6. The Balaban J connectivity index is 1.90. The predicted molar refractivity (Wildman–Crippen MR) is 78.4 cm³/mol. The van der Waals surface area contributed by atoms with Crippen molar-refractivity contribution < 1.29 is 4.74 Å². The molecule has 1 aromatic carbocycles. The molecule has 19 heavy (non-hydrogen) atoms. The van der Waals surface area contributed by atoms with Gasteiger partial charge in [-0.15, -0.1) is 0 Å². The predicted octanol–water partition coefficient (Wildman–Crippen LogP) is 3.37. The molecule has 1 aromatic heterocycles. The van der Waals surface area contributed by atoms with Crippen LogP contribution in [0.25, 0.3) is 0 Å². The number of aryl methyl sites for hydroxylation is 1. The first kappa shape index (κ1) is 13.7. The van der Waals surface area contributed by atoms with Crippen molar-refractivity contribution in [2.75, 3.05) is 7.11 Å². The molecule has 3 nitrogen and oxygen atoms in total. The Hall–Kier alpha value is -1.74. The zero-order valence-corrected chi connectivity index (χ0v) is 11.9. The van der Waals surface area contributed by atoms with E-state index in [2.05, 4.69) is 54.3 Å². The van der Waals surface area contributed by atoms with Gasteiger partial charge in [0, 0.05) is 31.5 Å². The van der Waals surface area contributed by atoms with Gasteiger partial charge in [-0.1, -0.05) is 12.1 Å². The second-order valence-electron chi connectivity index (χ2n) is 4.73. The molecule has 0 saturated carbocycles. The Bertz CT molecular complexity index is 502. The zero-order chi connectivity index (χ0) is 13.7. The molecular formula is C16H22N2O. The van der Waals surface area contributed by atoms with Crippen LogP contribution in [0, 0.1) is 0 Å². The summed E-state index contributed by atoms with van der Waals surface area (Å²) in [5.74, 6) is 0.899. The summed E-state index contributed by atoms with van der Waals surface area (Å²) < 4.78 is 7.36. The van der Waals surface area contributed by atoms with E-state index in [4.69, 9.17) is 4.74 Å². The quantitative estimate of drug-likeness (QED) is 0.859. The summed E-state index contributed by atoms with van der Waals surface area (Å²) in [7, 11) is 1.69. The van der Waals surface area contributed by atoms with Crippen LogP contribution in [0.5, 0.6) is 5.75 Å². The van der Waals surface area contributed by atoms with Gasteiger partial charge in [-0.3, -0.25) is 0 Å². The van der Waals surface area contributed by atoms with Gasteiger partial charge in [0.15, 0.2) is 0 Å². The minimum atomic E-state index is 0.330. The van der Waals surface area contributed by atoms with Crippen LogP contribution in [-0.2, 0) is 13.1 Å². The van der Waals surface area contributed by atoms with Crippen molar-refractivity contribution in [2.24, 2.45) is 0 Å². The van der Waals surface area contributed by atoms with Crippen LogP contribution in [0.1, 0.15) is 31.0 Å². The molecule has 0 bridgehead atoms. The van der Waals surface area contributed by atoms with Crippen molar-refractivity contribution in [3.8, 4) is 5.75 Å². The molecule has 0 unspecified atom stereocenters. The molecule has 102 valence electrons. The molecule has 0 amide bonds. The minimum absolute atomic E-state index is 0.330. The average Bonchev–Trinajstić information content (AvgIpc) is 2.93. The fourth-order valence-electron chi connectivity index (χ4n) is 2.07. The standard InChI is InChI=1S/C16H22N2O/c1-4-18-10-9-14(12-18)11-17-13(2)15-5-7-16(19-3)8-6-15/h5-10,12-13,17H,4,11H2,1-3H3/t13-/m0/s1. The van der Waals surface area contributed by atoms with Crippen molar-refractivity contribution in [3.63, 3.8) is 0 Å². The summed E-state index contributed by atoms with van der Waals surface area (Å²) >= 11 is 0. The second kappa shape index (κ2) is 6.43. The van der Waals surface area contributed by atoms with E-state index in [1.807, 2.05) is 12.1 Å². The number of methoxy groups -OCH3 is 1. The van der Waals surface area contributed by atoms with Crippen LogP contribution in [0.3, 0.4) is 0 Å². The topological polar surface area (TPSA) is 26.2 Å². The maximum absolute atomic E-state index is 5.17. The van der Waals surface area contributed by atoms with E-state index in [-0.39, 0.29) is 0 Å². The van der Waals surface area contributed by atoms with E-state index in [9.17, 15) is 0 Å². The second-order valence-corrected chi connectivity index (χ2v) is 4.73. The molecule has 0 aliphatic heterocycles. The molecular weight excluding hydrogens is 236 g/mol. The van der Waals surface area contributed by atoms with Crippen LogP contribution >= 0.6 is 0 Å². The van der Waals surface area contributed by atoms with Crippen molar-refractivity contribution in [1.29, 1.82) is 0 Å². The molecule has 0 radical (unpaired) electrons. The molecule has 1 atom stereocenters. The van der Waals surface area contributed by atoms with E-state index in [0.717, 1.165) is 18.8 Å². The van der Waals surface area contributed by atoms with Crippen molar-refractivity contribution in [1.82, 2.24) is 9.88 Å². The lowest BCUT2D eigenvalue weighted by Crippen LogP contribution is -2.17. The van der Waals surface area contributed by atoms with E-state index in [1.165, 1.54) is 11.1 Å². The highest BCUT2D eigenvalue weighted by molar-refractivity contribution is 5.28. The lowest BCUT2D eigenvalue weighted by atomic mass is 10.1. The molecule has 1 heterocycles. The Morgan fingerprint density at radius 2 is 1.95 bits per heavy atom. The van der Waals surface area contributed by atoms with Gasteiger partial charge in [0.05, 0.1) is 7.11 Å². The summed E-state index contributed by atoms with van der Waals surface area (Å²) in [4.78, 5) is 0. The van der Waals surface area contributed by atoms with Gasteiger partial charge in [0.2, 0.25) is 0 Å². The third-order valence-electron chi connectivity index (χ3n) is 3.41. The number of ether oxygens (including phenoxy) is 1. The highest BCUT2D eigenvalue weighted by atomic mass is 16.5. The Kier molecular flexibility index (Phi) is 4.63. The lowest BCUT2D eigenvalue weighted by Gasteiger charge is -2.14. The monoisotopic (exact) mass is 258 g/mol. The first-order chi connectivity index (χ1) is 9.22. The number of hydrogen-bond donors (Lipinski definition) is 1. The third kappa shape index (κ3) is 3.61. The molecule has 0 fully saturated rings. The summed E-state index contributed by atoms with van der Waals surface area (Å²) in [6.07, 6.45) is 4.31. The number of hydrogen-bond acceptors (Lipinski definition) is 2. The van der Waals surface area contributed by atoms with Crippen LogP contribution in [0.15, 0.2) is 42.7 Å². The minimum Gasteiger partial charge on any atom is -0.497 e. The van der Waals surface area contributed by atoms with Gasteiger partial charge in [0.25, 0.3) is 0 Å². The SMILES string of the molecule is CCn1ccc(CN[C@@H](C)c2ccc(OC)cc2)c1. The van der Waals surface area contributed by atoms with E-state index in [0.29, 0.717) is 6.04 Å². The lowest BCUT2D eigenvalue weighted by molar-refractivity contribution is 0.414. The summed E-state index contributed by atoms with van der Waals surface area (Å²) in [6.45, 7) is 6.24. The van der Waals surface area contributed by atoms with Crippen molar-refractivity contribution in [3.05, 3.63) is 53.9 Å². The Labute approximate surface area is 115 Å². The van der Waals surface area contributed by atoms with Gasteiger partial charge in [-0.25, -0.2) is 0 Å². The van der Waals surface area contributed by atoms with Gasteiger partial charge < -0.3 is 14.6 Å². The van der Waals surface area contributed by atoms with E-state index >= 15 is 0 Å². The molecule has 0 saturated heterocycles. The normalized spacial score (nSPS) is 12.4. The van der Waals surface area contributed by atoms with Crippen molar-refractivity contribution in [2.45, 2.75) is 33.0 Å². The first-order valence-electron chi connectivity index (χ1n) is 6.75. The molecule has 3 heteroatoms. The van der Waals surface area contributed by atoms with E-state index in [1.54, 1.807) is 7.11 Å². The molecule has 2 rings (SSSR count). The number of nitrogens with one attached hydrogen (secondary N) is 1. The van der Waals surface area contributed by atoms with Crippen LogP contribution in [0.2, 0.25) is 0 Å². The highest BCUT2D eigenvalue weighted by Gasteiger charge is 2.05. The van der Waals surface area contributed by atoms with Gasteiger partial charge in [-0.05, 0) is 43.2 Å². The maximum Gasteiger partial charge on any atom is 0.118 e.